The molecule has 0 saturated carbocycles. The molecule has 2 aromatic heterocycles. The summed E-state index contributed by atoms with van der Waals surface area (Å²) in [6.45, 7) is 5.27. The van der Waals surface area contributed by atoms with E-state index >= 15 is 0 Å². The van der Waals surface area contributed by atoms with Crippen LogP contribution in [0.3, 0.4) is 0 Å². The van der Waals surface area contributed by atoms with Crippen molar-refractivity contribution in [3.8, 4) is 17.1 Å². The fraction of sp³-hybridized carbons (Fsp3) is 0.217. The van der Waals surface area contributed by atoms with Gasteiger partial charge in [0.05, 0.1) is 23.6 Å². The van der Waals surface area contributed by atoms with E-state index in [9.17, 15) is 13.6 Å². The summed E-state index contributed by atoms with van der Waals surface area (Å²) in [4.78, 5) is 22.7. The Bertz CT molecular complexity index is 1190. The maximum absolute atomic E-state index is 13.1. The first-order chi connectivity index (χ1) is 15.4. The number of benzene rings is 1. The van der Waals surface area contributed by atoms with Crippen molar-refractivity contribution in [3.63, 3.8) is 0 Å². The van der Waals surface area contributed by atoms with Gasteiger partial charge in [-0.15, -0.1) is 0 Å². The lowest BCUT2D eigenvalue weighted by Gasteiger charge is -2.27. The van der Waals surface area contributed by atoms with Gasteiger partial charge in [0.2, 0.25) is 5.88 Å². The van der Waals surface area contributed by atoms with Crippen LogP contribution in [0.4, 0.5) is 14.5 Å². The highest BCUT2D eigenvalue weighted by Crippen LogP contribution is 2.31. The standard InChI is InChI=1S/C23H21F2N5O2/c1-4-14-11-15(5-7-18(14)26-2)22(31)30-10-9-17-19(13-30)28-29(3)21(17)16-6-8-20(27-12-16)32-23(24)25/h4-8,11-12,23H,1-2,9-10,13H2,3H3. The minimum absolute atomic E-state index is 0.100. The van der Waals surface area contributed by atoms with Crippen molar-refractivity contribution in [1.29, 1.82) is 0 Å². The number of halogens is 2. The zero-order valence-corrected chi connectivity index (χ0v) is 17.5. The fourth-order valence-corrected chi connectivity index (χ4v) is 3.91. The Kier molecular flexibility index (Phi) is 5.81. The Labute approximate surface area is 183 Å². The SMILES string of the molecule is C=Cc1cc(C(=O)N2CCc3c(nn(C)c3-c3ccc(OC(F)F)nc3)C2)ccc1N=C. The highest BCUT2D eigenvalue weighted by Gasteiger charge is 2.28. The molecule has 0 bridgehead atoms. The monoisotopic (exact) mass is 437 g/mol. The summed E-state index contributed by atoms with van der Waals surface area (Å²) in [5.41, 5.74) is 5.36. The van der Waals surface area contributed by atoms with Gasteiger partial charge in [-0.2, -0.15) is 13.9 Å². The fourth-order valence-electron chi connectivity index (χ4n) is 3.91. The number of aromatic nitrogens is 3. The van der Waals surface area contributed by atoms with Crippen molar-refractivity contribution in [1.82, 2.24) is 19.7 Å². The van der Waals surface area contributed by atoms with Gasteiger partial charge in [0.25, 0.3) is 5.91 Å². The highest BCUT2D eigenvalue weighted by molar-refractivity contribution is 5.95. The molecule has 3 aromatic rings. The number of hydrogen-bond acceptors (Lipinski definition) is 5. The average Bonchev–Trinajstić information content (AvgIpc) is 3.13. The van der Waals surface area contributed by atoms with Crippen molar-refractivity contribution in [2.75, 3.05) is 6.54 Å². The van der Waals surface area contributed by atoms with Crippen LogP contribution in [0.2, 0.25) is 0 Å². The second kappa shape index (κ2) is 8.70. The van der Waals surface area contributed by atoms with Crippen LogP contribution in [0.25, 0.3) is 17.3 Å². The summed E-state index contributed by atoms with van der Waals surface area (Å²) in [5, 5.41) is 4.59. The van der Waals surface area contributed by atoms with Crippen LogP contribution in [-0.4, -0.2) is 45.4 Å². The summed E-state index contributed by atoms with van der Waals surface area (Å²) in [7, 11) is 1.81. The number of pyridine rings is 1. The predicted molar refractivity (Wildman–Crippen MR) is 117 cm³/mol. The minimum atomic E-state index is -2.92. The topological polar surface area (TPSA) is 72.6 Å². The maximum Gasteiger partial charge on any atom is 0.388 e. The third-order valence-electron chi connectivity index (χ3n) is 5.37. The molecule has 1 aromatic carbocycles. The van der Waals surface area contributed by atoms with Crippen LogP contribution in [0.5, 0.6) is 5.88 Å². The number of aryl methyl sites for hydroxylation is 1. The van der Waals surface area contributed by atoms with Gasteiger partial charge < -0.3 is 9.64 Å². The Morgan fingerprint density at radius 1 is 1.31 bits per heavy atom. The molecule has 0 aliphatic carbocycles. The summed E-state index contributed by atoms with van der Waals surface area (Å²) in [5.74, 6) is -0.246. The normalized spacial score (nSPS) is 13.1. The Hall–Kier alpha value is -3.88. The molecule has 0 radical (unpaired) electrons. The van der Waals surface area contributed by atoms with Crippen molar-refractivity contribution in [2.45, 2.75) is 19.6 Å². The number of carbonyl (C=O) groups is 1. The number of fused-ring (bicyclic) bond motifs is 1. The first kappa shape index (κ1) is 21.4. The molecule has 164 valence electrons. The van der Waals surface area contributed by atoms with Crippen LogP contribution < -0.4 is 4.74 Å². The average molecular weight is 437 g/mol. The quantitative estimate of drug-likeness (QED) is 0.541. The molecule has 0 N–H and O–H groups in total. The number of alkyl halides is 2. The molecule has 3 heterocycles. The van der Waals surface area contributed by atoms with Gasteiger partial charge in [0.15, 0.2) is 0 Å². The third-order valence-corrected chi connectivity index (χ3v) is 5.37. The van der Waals surface area contributed by atoms with Crippen molar-refractivity contribution in [3.05, 3.63) is 65.5 Å². The summed E-state index contributed by atoms with van der Waals surface area (Å²) in [6, 6.07) is 8.31. The molecule has 1 amide bonds. The molecular formula is C23H21F2N5O2. The second-order valence-electron chi connectivity index (χ2n) is 7.27. The minimum Gasteiger partial charge on any atom is -0.417 e. The molecule has 7 nitrogen and oxygen atoms in total. The van der Waals surface area contributed by atoms with Gasteiger partial charge in [0.1, 0.15) is 0 Å². The lowest BCUT2D eigenvalue weighted by atomic mass is 9.99. The summed E-state index contributed by atoms with van der Waals surface area (Å²) < 4.78 is 30.8. The van der Waals surface area contributed by atoms with Crippen LogP contribution in [0.15, 0.2) is 48.1 Å². The molecule has 1 aliphatic rings. The van der Waals surface area contributed by atoms with Crippen LogP contribution in [0, 0.1) is 0 Å². The zero-order valence-electron chi connectivity index (χ0n) is 17.5. The molecule has 9 heteroatoms. The molecule has 32 heavy (non-hydrogen) atoms. The summed E-state index contributed by atoms with van der Waals surface area (Å²) >= 11 is 0. The number of carbonyl (C=O) groups excluding carboxylic acids is 1. The van der Waals surface area contributed by atoms with E-state index in [0.717, 1.165) is 28.1 Å². The molecular weight excluding hydrogens is 416 g/mol. The third kappa shape index (κ3) is 4.01. The van der Waals surface area contributed by atoms with E-state index in [0.29, 0.717) is 30.8 Å². The number of aliphatic imine (C=N–C) groups is 1. The maximum atomic E-state index is 13.1. The summed E-state index contributed by atoms with van der Waals surface area (Å²) in [6.07, 6.45) is 3.74. The van der Waals surface area contributed by atoms with E-state index in [4.69, 9.17) is 0 Å². The molecule has 0 unspecified atom stereocenters. The lowest BCUT2D eigenvalue weighted by Crippen LogP contribution is -2.36. The number of rotatable bonds is 6. The van der Waals surface area contributed by atoms with E-state index in [-0.39, 0.29) is 11.8 Å². The van der Waals surface area contributed by atoms with Crippen LogP contribution >= 0.6 is 0 Å². The Morgan fingerprint density at radius 3 is 2.78 bits per heavy atom. The highest BCUT2D eigenvalue weighted by atomic mass is 19.3. The number of ether oxygens (including phenoxy) is 1. The van der Waals surface area contributed by atoms with Gasteiger partial charge >= 0.3 is 6.61 Å². The van der Waals surface area contributed by atoms with Gasteiger partial charge in [-0.3, -0.25) is 14.5 Å². The van der Waals surface area contributed by atoms with Gasteiger partial charge in [-0.1, -0.05) is 12.7 Å². The lowest BCUT2D eigenvalue weighted by molar-refractivity contribution is -0.0528. The Morgan fingerprint density at radius 2 is 2.12 bits per heavy atom. The molecule has 0 spiro atoms. The van der Waals surface area contributed by atoms with E-state index in [1.807, 2.05) is 0 Å². The largest absolute Gasteiger partial charge is 0.417 e. The van der Waals surface area contributed by atoms with Gasteiger partial charge in [-0.05, 0) is 37.4 Å². The van der Waals surface area contributed by atoms with Crippen molar-refractivity contribution in [2.24, 2.45) is 12.0 Å². The van der Waals surface area contributed by atoms with Gasteiger partial charge in [-0.25, -0.2) is 4.98 Å². The first-order valence-electron chi connectivity index (χ1n) is 9.89. The van der Waals surface area contributed by atoms with E-state index in [1.54, 1.807) is 47.0 Å². The van der Waals surface area contributed by atoms with E-state index in [2.05, 4.69) is 33.1 Å². The Balaban J connectivity index is 1.57. The predicted octanol–water partition coefficient (Wildman–Crippen LogP) is 4.26. The van der Waals surface area contributed by atoms with Crippen molar-refractivity contribution >= 4 is 24.4 Å². The number of nitrogens with zero attached hydrogens (tertiary/aromatic N) is 5. The number of amides is 1. The molecule has 0 atom stereocenters. The molecule has 1 aliphatic heterocycles. The second-order valence-corrected chi connectivity index (χ2v) is 7.27. The van der Waals surface area contributed by atoms with E-state index < -0.39 is 6.61 Å². The molecule has 0 saturated heterocycles. The van der Waals surface area contributed by atoms with Crippen LogP contribution in [-0.2, 0) is 20.0 Å². The van der Waals surface area contributed by atoms with Crippen LogP contribution in [0.1, 0.15) is 27.2 Å². The van der Waals surface area contributed by atoms with Crippen molar-refractivity contribution < 1.29 is 18.3 Å². The van der Waals surface area contributed by atoms with Gasteiger partial charge in [0, 0.05) is 48.1 Å². The molecule has 4 rings (SSSR count). The smallest absolute Gasteiger partial charge is 0.388 e. The zero-order chi connectivity index (χ0) is 22.8. The number of hydrogen-bond donors (Lipinski definition) is 0. The van der Waals surface area contributed by atoms with E-state index in [1.165, 1.54) is 12.3 Å². The first-order valence-corrected chi connectivity index (χ1v) is 9.89. The molecule has 0 fully saturated rings.